The van der Waals surface area contributed by atoms with Gasteiger partial charge in [0.05, 0.1) is 0 Å². The highest BCUT2D eigenvalue weighted by Crippen LogP contribution is 2.25. The molecule has 0 heterocycles. The molecule has 0 radical (unpaired) electrons. The number of carbonyl (C=O) groups is 1. The predicted octanol–water partition coefficient (Wildman–Crippen LogP) is 3.42. The normalized spacial score (nSPS) is 9.62. The SMILES string of the molecule is C#CCCC(=O)Nc1cc(C)c(Br)c(C)c1. The lowest BCUT2D eigenvalue weighted by molar-refractivity contribution is -0.116. The molecule has 0 fully saturated rings. The zero-order valence-corrected chi connectivity index (χ0v) is 11.0. The van der Waals surface area contributed by atoms with E-state index in [1.807, 2.05) is 26.0 Å². The molecule has 1 amide bonds. The van der Waals surface area contributed by atoms with Crippen molar-refractivity contribution in [2.24, 2.45) is 0 Å². The molecule has 0 aliphatic carbocycles. The van der Waals surface area contributed by atoms with E-state index < -0.39 is 0 Å². The Morgan fingerprint density at radius 1 is 1.44 bits per heavy atom. The molecule has 0 spiro atoms. The molecule has 0 bridgehead atoms. The van der Waals surface area contributed by atoms with Crippen LogP contribution in [0.2, 0.25) is 0 Å². The van der Waals surface area contributed by atoms with E-state index in [0.717, 1.165) is 21.3 Å². The summed E-state index contributed by atoms with van der Waals surface area (Å²) in [7, 11) is 0. The number of amides is 1. The Balaban J connectivity index is 2.76. The third kappa shape index (κ3) is 3.39. The molecule has 84 valence electrons. The van der Waals surface area contributed by atoms with E-state index in [2.05, 4.69) is 27.2 Å². The molecule has 0 saturated heterocycles. The number of rotatable bonds is 3. The van der Waals surface area contributed by atoms with E-state index in [1.54, 1.807) is 0 Å². The summed E-state index contributed by atoms with van der Waals surface area (Å²) < 4.78 is 1.08. The molecule has 1 aromatic carbocycles. The minimum Gasteiger partial charge on any atom is -0.326 e. The first-order chi connectivity index (χ1) is 7.54. The number of terminal acetylenes is 1. The molecule has 0 atom stereocenters. The Kier molecular flexibility index (Phi) is 4.57. The fraction of sp³-hybridized carbons (Fsp3) is 0.308. The fourth-order valence-corrected chi connectivity index (χ4v) is 1.66. The summed E-state index contributed by atoms with van der Waals surface area (Å²) in [5.41, 5.74) is 3.03. The molecule has 0 aliphatic rings. The van der Waals surface area contributed by atoms with E-state index in [9.17, 15) is 4.79 Å². The molecule has 0 unspecified atom stereocenters. The molecule has 0 aromatic heterocycles. The second-order valence-corrected chi connectivity index (χ2v) is 4.47. The van der Waals surface area contributed by atoms with Crippen molar-refractivity contribution in [2.75, 3.05) is 5.32 Å². The van der Waals surface area contributed by atoms with Crippen molar-refractivity contribution in [3.05, 3.63) is 27.7 Å². The summed E-state index contributed by atoms with van der Waals surface area (Å²) in [6.07, 6.45) is 5.94. The predicted molar refractivity (Wildman–Crippen MR) is 70.3 cm³/mol. The van der Waals surface area contributed by atoms with Gasteiger partial charge in [0, 0.05) is 23.0 Å². The maximum atomic E-state index is 11.5. The van der Waals surface area contributed by atoms with Crippen molar-refractivity contribution in [1.29, 1.82) is 0 Å². The van der Waals surface area contributed by atoms with Crippen molar-refractivity contribution >= 4 is 27.5 Å². The van der Waals surface area contributed by atoms with Gasteiger partial charge >= 0.3 is 0 Å². The van der Waals surface area contributed by atoms with Gasteiger partial charge in [0.25, 0.3) is 0 Å². The van der Waals surface area contributed by atoms with Crippen molar-refractivity contribution in [2.45, 2.75) is 26.7 Å². The van der Waals surface area contributed by atoms with E-state index in [1.165, 1.54) is 0 Å². The van der Waals surface area contributed by atoms with Crippen LogP contribution in [0.3, 0.4) is 0 Å². The average molecular weight is 280 g/mol. The van der Waals surface area contributed by atoms with Gasteiger partial charge in [-0.15, -0.1) is 12.3 Å². The number of hydrogen-bond acceptors (Lipinski definition) is 1. The molecular weight excluding hydrogens is 266 g/mol. The van der Waals surface area contributed by atoms with Crippen molar-refractivity contribution in [3.63, 3.8) is 0 Å². The molecule has 1 aromatic rings. The first kappa shape index (κ1) is 12.8. The summed E-state index contributed by atoms with van der Waals surface area (Å²) in [5.74, 6) is 2.41. The van der Waals surface area contributed by atoms with Gasteiger partial charge in [-0.2, -0.15) is 0 Å². The van der Waals surface area contributed by atoms with Crippen molar-refractivity contribution < 1.29 is 4.79 Å². The van der Waals surface area contributed by atoms with Gasteiger partial charge in [-0.3, -0.25) is 4.79 Å². The summed E-state index contributed by atoms with van der Waals surface area (Å²) >= 11 is 3.48. The van der Waals surface area contributed by atoms with Gasteiger partial charge in [-0.1, -0.05) is 15.9 Å². The van der Waals surface area contributed by atoms with E-state index >= 15 is 0 Å². The molecule has 16 heavy (non-hydrogen) atoms. The third-order valence-corrected chi connectivity index (χ3v) is 3.47. The van der Waals surface area contributed by atoms with Gasteiger partial charge in [0.15, 0.2) is 0 Å². The first-order valence-corrected chi connectivity index (χ1v) is 5.84. The van der Waals surface area contributed by atoms with Crippen LogP contribution in [0.4, 0.5) is 5.69 Å². The number of aryl methyl sites for hydroxylation is 2. The Hall–Kier alpha value is -1.27. The van der Waals surface area contributed by atoms with Crippen LogP contribution in [0.5, 0.6) is 0 Å². The molecule has 3 heteroatoms. The molecule has 1 rings (SSSR count). The van der Waals surface area contributed by atoms with Gasteiger partial charge in [-0.25, -0.2) is 0 Å². The van der Waals surface area contributed by atoms with E-state index in [4.69, 9.17) is 6.42 Å². The van der Waals surface area contributed by atoms with Crippen LogP contribution in [0, 0.1) is 26.2 Å². The van der Waals surface area contributed by atoms with Gasteiger partial charge in [0.2, 0.25) is 5.91 Å². The van der Waals surface area contributed by atoms with Crippen molar-refractivity contribution in [3.8, 4) is 12.3 Å². The number of anilines is 1. The highest BCUT2D eigenvalue weighted by molar-refractivity contribution is 9.10. The average Bonchev–Trinajstić information content (AvgIpc) is 2.23. The van der Waals surface area contributed by atoms with Crippen LogP contribution in [0.25, 0.3) is 0 Å². The van der Waals surface area contributed by atoms with E-state index in [0.29, 0.717) is 12.8 Å². The zero-order chi connectivity index (χ0) is 12.1. The largest absolute Gasteiger partial charge is 0.326 e. The molecule has 0 aliphatic heterocycles. The smallest absolute Gasteiger partial charge is 0.225 e. The van der Waals surface area contributed by atoms with Crippen LogP contribution < -0.4 is 5.32 Å². The molecule has 1 N–H and O–H groups in total. The van der Waals surface area contributed by atoms with Crippen LogP contribution >= 0.6 is 15.9 Å². The van der Waals surface area contributed by atoms with Gasteiger partial charge in [-0.05, 0) is 37.1 Å². The zero-order valence-electron chi connectivity index (χ0n) is 9.43. The van der Waals surface area contributed by atoms with Gasteiger partial charge < -0.3 is 5.32 Å². The topological polar surface area (TPSA) is 29.1 Å². The maximum Gasteiger partial charge on any atom is 0.225 e. The van der Waals surface area contributed by atoms with Crippen LogP contribution in [-0.4, -0.2) is 5.91 Å². The summed E-state index contributed by atoms with van der Waals surface area (Å²) in [4.78, 5) is 11.5. The molecule has 0 saturated carbocycles. The van der Waals surface area contributed by atoms with Crippen LogP contribution in [0.1, 0.15) is 24.0 Å². The Labute approximate surface area is 105 Å². The van der Waals surface area contributed by atoms with Gasteiger partial charge in [0.1, 0.15) is 0 Å². The summed E-state index contributed by atoms with van der Waals surface area (Å²) in [5, 5.41) is 2.83. The molecular formula is C13H14BrNO. The van der Waals surface area contributed by atoms with Crippen LogP contribution in [-0.2, 0) is 4.79 Å². The highest BCUT2D eigenvalue weighted by Gasteiger charge is 2.05. The fourth-order valence-electron chi connectivity index (χ4n) is 1.43. The third-order valence-electron chi connectivity index (χ3n) is 2.22. The minimum atomic E-state index is -0.0425. The Bertz CT molecular complexity index is 423. The number of halogens is 1. The second kappa shape index (κ2) is 5.72. The quantitative estimate of drug-likeness (QED) is 0.844. The monoisotopic (exact) mass is 279 g/mol. The lowest BCUT2D eigenvalue weighted by Gasteiger charge is -2.09. The number of nitrogens with one attached hydrogen (secondary N) is 1. The lowest BCUT2D eigenvalue weighted by Crippen LogP contribution is -2.11. The summed E-state index contributed by atoms with van der Waals surface area (Å²) in [6, 6.07) is 3.87. The molecule has 2 nitrogen and oxygen atoms in total. The Morgan fingerprint density at radius 3 is 2.50 bits per heavy atom. The highest BCUT2D eigenvalue weighted by atomic mass is 79.9. The van der Waals surface area contributed by atoms with Crippen molar-refractivity contribution in [1.82, 2.24) is 0 Å². The lowest BCUT2D eigenvalue weighted by atomic mass is 10.1. The number of hydrogen-bond donors (Lipinski definition) is 1. The maximum absolute atomic E-state index is 11.5. The number of benzene rings is 1. The first-order valence-electron chi connectivity index (χ1n) is 5.04. The van der Waals surface area contributed by atoms with Crippen LogP contribution in [0.15, 0.2) is 16.6 Å². The number of carbonyl (C=O) groups excluding carboxylic acids is 1. The van der Waals surface area contributed by atoms with E-state index in [-0.39, 0.29) is 5.91 Å². The Morgan fingerprint density at radius 2 is 2.00 bits per heavy atom. The minimum absolute atomic E-state index is 0.0425. The second-order valence-electron chi connectivity index (χ2n) is 3.68. The standard InChI is InChI=1S/C13H14BrNO/c1-4-5-6-12(16)15-11-7-9(2)13(14)10(3)8-11/h1,7-8H,5-6H2,2-3H3,(H,15,16). The summed E-state index contributed by atoms with van der Waals surface area (Å²) in [6.45, 7) is 3.99.